The van der Waals surface area contributed by atoms with Crippen molar-refractivity contribution in [2.75, 3.05) is 6.54 Å². The van der Waals surface area contributed by atoms with Crippen molar-refractivity contribution in [2.24, 2.45) is 10.1 Å². The van der Waals surface area contributed by atoms with Crippen LogP contribution in [-0.2, 0) is 14.8 Å². The third-order valence-corrected chi connectivity index (χ3v) is 2.19. The predicted molar refractivity (Wildman–Crippen MR) is 54.7 cm³/mol. The lowest BCUT2D eigenvalue weighted by Crippen LogP contribution is -1.91. The van der Waals surface area contributed by atoms with Crippen molar-refractivity contribution in [3.63, 3.8) is 0 Å². The number of halogens is 1. The summed E-state index contributed by atoms with van der Waals surface area (Å²) in [5.74, 6) is -0.341. The van der Waals surface area contributed by atoms with E-state index in [1.165, 1.54) is 29.7 Å². The zero-order valence-electron chi connectivity index (χ0n) is 7.39. The molecule has 0 radical (unpaired) electrons. The molecule has 0 saturated heterocycles. The average Bonchev–Trinajstić information content (AvgIpc) is 2.18. The first-order chi connectivity index (χ1) is 6.72. The fraction of sp³-hybridized carbons (Fsp3) is 0.111. The van der Waals surface area contributed by atoms with Gasteiger partial charge in [0.2, 0.25) is 0 Å². The maximum atomic E-state index is 12.5. The van der Waals surface area contributed by atoms with Gasteiger partial charge >= 0.3 is 0 Å². The fourth-order valence-corrected chi connectivity index (χ4v) is 1.44. The summed E-state index contributed by atoms with van der Waals surface area (Å²) in [4.78, 5) is 0. The van der Waals surface area contributed by atoms with Crippen molar-refractivity contribution < 1.29 is 8.60 Å². The average molecular weight is 213 g/mol. The summed E-state index contributed by atoms with van der Waals surface area (Å²) in [6, 6.07) is 5.46. The van der Waals surface area contributed by atoms with Gasteiger partial charge in [-0.25, -0.2) is 4.39 Å². The molecule has 0 aromatic heterocycles. The Hall–Kier alpha value is -1.20. The molecule has 0 fully saturated rings. The lowest BCUT2D eigenvalue weighted by Gasteiger charge is -1.98. The Bertz CT molecular complexity index is 394. The second kappa shape index (κ2) is 5.51. The molecule has 1 rings (SSSR count). The molecule has 2 N–H and O–H groups in total. The minimum absolute atomic E-state index is 0.324. The molecule has 0 aliphatic rings. The largest absolute Gasteiger partial charge is 0.440 e. The van der Waals surface area contributed by atoms with E-state index in [2.05, 4.69) is 4.36 Å². The van der Waals surface area contributed by atoms with Crippen molar-refractivity contribution in [1.82, 2.24) is 0 Å². The quantitative estimate of drug-likeness (QED) is 0.781. The Labute approximate surface area is 83.7 Å². The zero-order valence-corrected chi connectivity index (χ0v) is 8.21. The van der Waals surface area contributed by atoms with Crippen molar-refractivity contribution in [1.29, 1.82) is 0 Å². The molecular weight excluding hydrogens is 203 g/mol. The molecule has 0 aliphatic carbocycles. The summed E-state index contributed by atoms with van der Waals surface area (Å²) in [6.07, 6.45) is 1.56. The van der Waals surface area contributed by atoms with Gasteiger partial charge in [0.15, 0.2) is 0 Å². The molecule has 14 heavy (non-hydrogen) atoms. The van der Waals surface area contributed by atoms with Gasteiger partial charge in [-0.2, -0.15) is 10.6 Å². The van der Waals surface area contributed by atoms with Crippen LogP contribution in [0.2, 0.25) is 0 Å². The van der Waals surface area contributed by atoms with E-state index in [0.717, 1.165) is 0 Å². The molecule has 0 saturated carbocycles. The van der Waals surface area contributed by atoms with E-state index < -0.39 is 10.6 Å². The molecule has 1 aromatic rings. The molecule has 5 heteroatoms. The Morgan fingerprint density at radius 1 is 1.43 bits per heavy atom. The molecule has 0 spiro atoms. The third-order valence-electron chi connectivity index (χ3n) is 1.37. The lowest BCUT2D eigenvalue weighted by molar-refractivity contribution is 0.604. The first-order valence-corrected chi connectivity index (χ1v) is 5.14. The molecule has 0 amide bonds. The van der Waals surface area contributed by atoms with Gasteiger partial charge in [0, 0.05) is 12.2 Å². The minimum atomic E-state index is -1.44. The van der Waals surface area contributed by atoms with Crippen LogP contribution in [0.1, 0.15) is 0 Å². The second-order valence-corrected chi connectivity index (χ2v) is 3.46. The van der Waals surface area contributed by atoms with E-state index in [4.69, 9.17) is 5.73 Å². The maximum absolute atomic E-state index is 12.5. The van der Waals surface area contributed by atoms with Crippen LogP contribution in [0.25, 0.3) is 0 Å². The van der Waals surface area contributed by atoms with Crippen LogP contribution in [0.3, 0.4) is 0 Å². The van der Waals surface area contributed by atoms with E-state index in [1.807, 2.05) is 0 Å². The van der Waals surface area contributed by atoms with Crippen LogP contribution < -0.4 is 5.73 Å². The highest BCUT2D eigenvalue weighted by atomic mass is 32.2. The molecule has 0 bridgehead atoms. The number of nitrogens with zero attached hydrogens (tertiary/aromatic N) is 1. The van der Waals surface area contributed by atoms with Crippen LogP contribution in [0.4, 0.5) is 10.1 Å². The number of rotatable bonds is 3. The maximum Gasteiger partial charge on any atom is 0.123 e. The van der Waals surface area contributed by atoms with Crippen LogP contribution in [0.15, 0.2) is 40.1 Å². The molecule has 0 aliphatic heterocycles. The van der Waals surface area contributed by atoms with Crippen LogP contribution in [-0.4, -0.2) is 6.54 Å². The first-order valence-electron chi connectivity index (χ1n) is 3.97. The fourth-order valence-electron chi connectivity index (χ4n) is 0.774. The summed E-state index contributed by atoms with van der Waals surface area (Å²) in [5, 5.41) is 1.39. The van der Waals surface area contributed by atoms with Gasteiger partial charge < -0.3 is 14.3 Å². The molecule has 3 nitrogen and oxygen atoms in total. The summed E-state index contributed by atoms with van der Waals surface area (Å²) >= 11 is 0. The van der Waals surface area contributed by atoms with Crippen molar-refractivity contribution in [3.05, 3.63) is 41.6 Å². The molecule has 0 atom stereocenters. The highest BCUT2D eigenvalue weighted by Gasteiger charge is 1.86. The van der Waals surface area contributed by atoms with E-state index in [9.17, 15) is 8.60 Å². The summed E-state index contributed by atoms with van der Waals surface area (Å²) in [7, 11) is -1.44. The second-order valence-electron chi connectivity index (χ2n) is 2.45. The van der Waals surface area contributed by atoms with Gasteiger partial charge in [-0.1, -0.05) is 6.08 Å². The minimum Gasteiger partial charge on any atom is -0.440 e. The van der Waals surface area contributed by atoms with E-state index in [0.29, 0.717) is 12.2 Å². The number of nitrogens with two attached hydrogens (primary N) is 1. The SMILES string of the molecule is NC/C=C/[S-](=O)=Nc1ccc(F)cc1. The van der Waals surface area contributed by atoms with Crippen LogP contribution in [0.5, 0.6) is 0 Å². The normalized spacial score (nSPS) is 13.6. The Morgan fingerprint density at radius 3 is 2.64 bits per heavy atom. The predicted octanol–water partition coefficient (Wildman–Crippen LogP) is 2.08. The topological polar surface area (TPSA) is 55.5 Å². The Morgan fingerprint density at radius 2 is 2.07 bits per heavy atom. The molecule has 0 heterocycles. The summed E-state index contributed by atoms with van der Waals surface area (Å²) in [5.41, 5.74) is 5.66. The molecule has 76 valence electrons. The highest BCUT2D eigenvalue weighted by Crippen LogP contribution is 2.12. The highest BCUT2D eigenvalue weighted by molar-refractivity contribution is 7.78. The third kappa shape index (κ3) is 3.68. The van der Waals surface area contributed by atoms with E-state index in [1.54, 1.807) is 6.08 Å². The summed E-state index contributed by atoms with van der Waals surface area (Å²) in [6.45, 7) is 0.324. The van der Waals surface area contributed by atoms with Crippen molar-refractivity contribution in [3.8, 4) is 0 Å². The number of benzene rings is 1. The standard InChI is InChI=1S/C9H10FN2OS/c10-8-2-4-9(5-3-8)12-14(13)7-1-6-11/h1-5,7H,6,11H2/q-1/b7-1+. The Kier molecular flexibility index (Phi) is 4.28. The van der Waals surface area contributed by atoms with Gasteiger partial charge in [-0.15, -0.1) is 5.41 Å². The van der Waals surface area contributed by atoms with Crippen molar-refractivity contribution in [2.45, 2.75) is 0 Å². The first kappa shape index (κ1) is 10.9. The van der Waals surface area contributed by atoms with Gasteiger partial charge in [-0.05, 0) is 24.3 Å². The van der Waals surface area contributed by atoms with E-state index >= 15 is 0 Å². The number of hydrogen-bond donors (Lipinski definition) is 1. The molecule has 0 unspecified atom stereocenters. The van der Waals surface area contributed by atoms with Gasteiger partial charge in [0.1, 0.15) is 5.82 Å². The molecular formula is C9H10FN2OS-. The summed E-state index contributed by atoms with van der Waals surface area (Å²) < 4.78 is 27.4. The zero-order chi connectivity index (χ0) is 10.4. The van der Waals surface area contributed by atoms with Gasteiger partial charge in [-0.3, -0.25) is 0 Å². The molecule has 1 aromatic carbocycles. The van der Waals surface area contributed by atoms with Gasteiger partial charge in [0.05, 0.1) is 0 Å². The van der Waals surface area contributed by atoms with Crippen LogP contribution >= 0.6 is 0 Å². The van der Waals surface area contributed by atoms with Crippen molar-refractivity contribution >= 4 is 16.3 Å². The van der Waals surface area contributed by atoms with Crippen LogP contribution in [0, 0.1) is 5.82 Å². The number of hydrogen-bond acceptors (Lipinski definition) is 4. The van der Waals surface area contributed by atoms with Gasteiger partial charge in [0.25, 0.3) is 0 Å². The smallest absolute Gasteiger partial charge is 0.123 e. The monoisotopic (exact) mass is 213 g/mol. The lowest BCUT2D eigenvalue weighted by atomic mass is 10.3. The Balaban J connectivity index is 2.82. The van der Waals surface area contributed by atoms with E-state index in [-0.39, 0.29) is 5.82 Å².